The summed E-state index contributed by atoms with van der Waals surface area (Å²) >= 11 is 1.30. The van der Waals surface area contributed by atoms with Crippen LogP contribution < -0.4 is 5.73 Å². The molecule has 1 aromatic carbocycles. The second kappa shape index (κ2) is 4.72. The van der Waals surface area contributed by atoms with Gasteiger partial charge in [0.2, 0.25) is 0 Å². The van der Waals surface area contributed by atoms with E-state index in [4.69, 9.17) is 11.0 Å². The van der Waals surface area contributed by atoms with E-state index < -0.39 is 0 Å². The second-order valence-corrected chi connectivity index (χ2v) is 4.31. The van der Waals surface area contributed by atoms with E-state index in [0.717, 1.165) is 5.69 Å². The molecule has 0 unspecified atom stereocenters. The fourth-order valence-electron chi connectivity index (χ4n) is 1.21. The standard InChI is InChI=1S/C11H9N5S/c1-7-10(17-11(13)14-7)16-15-9-4-2-8(6-12)3-5-9/h2-5H,1H3,(H2,13,14). The summed E-state index contributed by atoms with van der Waals surface area (Å²) in [6, 6.07) is 8.91. The number of nitrogens with two attached hydrogens (primary N) is 1. The van der Waals surface area contributed by atoms with Gasteiger partial charge in [-0.1, -0.05) is 11.3 Å². The molecule has 2 rings (SSSR count). The van der Waals surface area contributed by atoms with E-state index >= 15 is 0 Å². The monoisotopic (exact) mass is 243 g/mol. The Labute approximate surface area is 102 Å². The average Bonchev–Trinajstić information content (AvgIpc) is 2.66. The average molecular weight is 243 g/mol. The quantitative estimate of drug-likeness (QED) is 0.820. The summed E-state index contributed by atoms with van der Waals surface area (Å²) in [6.07, 6.45) is 0. The van der Waals surface area contributed by atoms with Crippen molar-refractivity contribution < 1.29 is 0 Å². The number of rotatable bonds is 2. The van der Waals surface area contributed by atoms with Crippen molar-refractivity contribution in [3.05, 3.63) is 35.5 Å². The van der Waals surface area contributed by atoms with E-state index in [2.05, 4.69) is 15.2 Å². The first-order chi connectivity index (χ1) is 8.19. The Balaban J connectivity index is 2.20. The van der Waals surface area contributed by atoms with Crippen LogP contribution in [0.5, 0.6) is 0 Å². The Bertz CT molecular complexity index is 591. The molecule has 1 aromatic heterocycles. The van der Waals surface area contributed by atoms with E-state index in [1.165, 1.54) is 11.3 Å². The van der Waals surface area contributed by atoms with Gasteiger partial charge in [0.05, 0.1) is 23.0 Å². The molecule has 17 heavy (non-hydrogen) atoms. The summed E-state index contributed by atoms with van der Waals surface area (Å²) in [5, 5.41) is 18.0. The molecule has 0 fully saturated rings. The molecule has 0 aliphatic rings. The molecule has 1 heterocycles. The van der Waals surface area contributed by atoms with Crippen LogP contribution in [0, 0.1) is 18.3 Å². The topological polar surface area (TPSA) is 87.4 Å². The minimum atomic E-state index is 0.483. The van der Waals surface area contributed by atoms with Crippen molar-refractivity contribution in [3.8, 4) is 6.07 Å². The Morgan fingerprint density at radius 2 is 2.00 bits per heavy atom. The van der Waals surface area contributed by atoms with Crippen LogP contribution in [0.3, 0.4) is 0 Å². The number of hydrogen-bond donors (Lipinski definition) is 1. The zero-order chi connectivity index (χ0) is 12.3. The van der Waals surface area contributed by atoms with Gasteiger partial charge in [-0.3, -0.25) is 0 Å². The van der Waals surface area contributed by atoms with Crippen molar-refractivity contribution in [3.63, 3.8) is 0 Å². The predicted molar refractivity (Wildman–Crippen MR) is 66.6 cm³/mol. The number of thiazole rings is 1. The van der Waals surface area contributed by atoms with Crippen LogP contribution in [-0.2, 0) is 0 Å². The first kappa shape index (κ1) is 11.2. The fraction of sp³-hybridized carbons (Fsp3) is 0.0909. The van der Waals surface area contributed by atoms with E-state index in [0.29, 0.717) is 21.4 Å². The lowest BCUT2D eigenvalue weighted by molar-refractivity contribution is 1.19. The molecule has 6 heteroatoms. The van der Waals surface area contributed by atoms with Crippen molar-refractivity contribution in [1.29, 1.82) is 5.26 Å². The zero-order valence-electron chi connectivity index (χ0n) is 9.08. The summed E-state index contributed by atoms with van der Waals surface area (Å²) < 4.78 is 0. The molecular formula is C11H9N5S. The maximum absolute atomic E-state index is 8.65. The molecule has 0 atom stereocenters. The molecule has 2 aromatic rings. The number of azo groups is 1. The summed E-state index contributed by atoms with van der Waals surface area (Å²) in [6.45, 7) is 1.83. The molecule has 0 amide bonds. The lowest BCUT2D eigenvalue weighted by atomic mass is 10.2. The van der Waals surface area contributed by atoms with Crippen LogP contribution in [-0.4, -0.2) is 4.98 Å². The molecule has 0 spiro atoms. The molecule has 0 aliphatic carbocycles. The van der Waals surface area contributed by atoms with Crippen LogP contribution in [0.15, 0.2) is 34.5 Å². The van der Waals surface area contributed by atoms with Gasteiger partial charge < -0.3 is 5.73 Å². The Morgan fingerprint density at radius 1 is 1.29 bits per heavy atom. The van der Waals surface area contributed by atoms with Gasteiger partial charge in [0, 0.05) is 0 Å². The Hall–Kier alpha value is -2.26. The lowest BCUT2D eigenvalue weighted by Crippen LogP contribution is -1.80. The predicted octanol–water partition coefficient (Wildman–Crippen LogP) is 3.32. The summed E-state index contributed by atoms with van der Waals surface area (Å²) in [5.74, 6) is 0. The molecular weight excluding hydrogens is 234 g/mol. The SMILES string of the molecule is Cc1nc(N)sc1N=Nc1ccc(C#N)cc1. The van der Waals surface area contributed by atoms with Gasteiger partial charge in [-0.2, -0.15) is 5.26 Å². The second-order valence-electron chi connectivity index (χ2n) is 3.30. The number of aryl methyl sites for hydroxylation is 1. The van der Waals surface area contributed by atoms with Crippen LogP contribution in [0.4, 0.5) is 15.8 Å². The number of nitrogen functional groups attached to an aromatic ring is 1. The van der Waals surface area contributed by atoms with E-state index in [9.17, 15) is 0 Å². The van der Waals surface area contributed by atoms with Gasteiger partial charge in [-0.05, 0) is 31.2 Å². The van der Waals surface area contributed by atoms with E-state index in [1.807, 2.05) is 13.0 Å². The molecule has 0 bridgehead atoms. The summed E-state index contributed by atoms with van der Waals surface area (Å²) in [5.41, 5.74) is 7.61. The molecule has 2 N–H and O–H groups in total. The van der Waals surface area contributed by atoms with Gasteiger partial charge in [0.1, 0.15) is 0 Å². The maximum atomic E-state index is 8.65. The third kappa shape index (κ3) is 2.65. The van der Waals surface area contributed by atoms with Gasteiger partial charge in [0.15, 0.2) is 10.1 Å². The molecule has 5 nitrogen and oxygen atoms in total. The maximum Gasteiger partial charge on any atom is 0.182 e. The number of hydrogen-bond acceptors (Lipinski definition) is 6. The van der Waals surface area contributed by atoms with Crippen LogP contribution in [0.1, 0.15) is 11.3 Å². The van der Waals surface area contributed by atoms with Crippen molar-refractivity contribution in [1.82, 2.24) is 4.98 Å². The largest absolute Gasteiger partial charge is 0.375 e. The molecule has 84 valence electrons. The molecule has 0 saturated carbocycles. The highest BCUT2D eigenvalue weighted by atomic mass is 32.1. The van der Waals surface area contributed by atoms with Crippen LogP contribution in [0.25, 0.3) is 0 Å². The summed E-state index contributed by atoms with van der Waals surface area (Å²) in [4.78, 5) is 4.05. The highest BCUT2D eigenvalue weighted by Crippen LogP contribution is 2.30. The molecule has 0 radical (unpaired) electrons. The minimum Gasteiger partial charge on any atom is -0.375 e. The van der Waals surface area contributed by atoms with E-state index in [-0.39, 0.29) is 0 Å². The van der Waals surface area contributed by atoms with Crippen molar-refractivity contribution in [2.45, 2.75) is 6.92 Å². The third-order valence-electron chi connectivity index (χ3n) is 2.04. The number of aromatic nitrogens is 1. The zero-order valence-corrected chi connectivity index (χ0v) is 9.90. The smallest absolute Gasteiger partial charge is 0.182 e. The summed E-state index contributed by atoms with van der Waals surface area (Å²) in [7, 11) is 0. The lowest BCUT2D eigenvalue weighted by Gasteiger charge is -1.91. The first-order valence-corrected chi connectivity index (χ1v) is 5.65. The first-order valence-electron chi connectivity index (χ1n) is 4.84. The van der Waals surface area contributed by atoms with E-state index in [1.54, 1.807) is 24.3 Å². The van der Waals surface area contributed by atoms with Crippen LogP contribution in [0.2, 0.25) is 0 Å². The Morgan fingerprint density at radius 3 is 2.53 bits per heavy atom. The number of anilines is 1. The van der Waals surface area contributed by atoms with Crippen molar-refractivity contribution in [2.75, 3.05) is 5.73 Å². The normalized spacial score (nSPS) is 10.6. The van der Waals surface area contributed by atoms with Crippen molar-refractivity contribution in [2.24, 2.45) is 10.2 Å². The van der Waals surface area contributed by atoms with Crippen LogP contribution >= 0.6 is 11.3 Å². The Kier molecular flexibility index (Phi) is 3.12. The van der Waals surface area contributed by atoms with Crippen molar-refractivity contribution >= 4 is 27.2 Å². The highest BCUT2D eigenvalue weighted by Gasteiger charge is 2.03. The minimum absolute atomic E-state index is 0.483. The van der Waals surface area contributed by atoms with Gasteiger partial charge >= 0.3 is 0 Å². The number of nitriles is 1. The highest BCUT2D eigenvalue weighted by molar-refractivity contribution is 7.19. The fourth-order valence-corrected chi connectivity index (χ4v) is 1.86. The third-order valence-corrected chi connectivity index (χ3v) is 2.91. The number of benzene rings is 1. The van der Waals surface area contributed by atoms with Gasteiger partial charge in [-0.15, -0.1) is 10.2 Å². The van der Waals surface area contributed by atoms with Gasteiger partial charge in [-0.25, -0.2) is 4.98 Å². The molecule has 0 aliphatic heterocycles. The van der Waals surface area contributed by atoms with Gasteiger partial charge in [0.25, 0.3) is 0 Å². The molecule has 0 saturated heterocycles. The number of nitrogens with zero attached hydrogens (tertiary/aromatic N) is 4.